The highest BCUT2D eigenvalue weighted by Gasteiger charge is 2.61. The largest absolute Gasteiger partial charge is 0.493 e. The molecule has 178 valence electrons. The van der Waals surface area contributed by atoms with Gasteiger partial charge in [0, 0.05) is 25.0 Å². The van der Waals surface area contributed by atoms with E-state index in [0.29, 0.717) is 12.2 Å². The molecule has 0 radical (unpaired) electrons. The lowest BCUT2D eigenvalue weighted by molar-refractivity contribution is -0.139. The van der Waals surface area contributed by atoms with E-state index in [4.69, 9.17) is 4.74 Å². The Morgan fingerprint density at radius 2 is 1.91 bits per heavy atom. The van der Waals surface area contributed by atoms with Gasteiger partial charge in [-0.15, -0.1) is 5.10 Å². The van der Waals surface area contributed by atoms with Gasteiger partial charge in [-0.25, -0.2) is 0 Å². The zero-order chi connectivity index (χ0) is 24.5. The van der Waals surface area contributed by atoms with Gasteiger partial charge in [-0.05, 0) is 36.7 Å². The van der Waals surface area contributed by atoms with E-state index >= 15 is 0 Å². The molecule has 0 fully saturated rings. The Labute approximate surface area is 203 Å². The summed E-state index contributed by atoms with van der Waals surface area (Å²) in [4.78, 5) is 38.8. The summed E-state index contributed by atoms with van der Waals surface area (Å²) in [7, 11) is 0. The van der Waals surface area contributed by atoms with Gasteiger partial charge in [-0.1, -0.05) is 49.7 Å². The average molecular weight is 481 g/mol. The number of para-hydroxylation sites is 2. The van der Waals surface area contributed by atoms with Gasteiger partial charge in [-0.3, -0.25) is 14.4 Å². The number of unbranched alkanes of at least 4 members (excludes halogenated alkanes) is 1. The number of benzene rings is 2. The number of aryl methyl sites for hydroxylation is 1. The van der Waals surface area contributed by atoms with Gasteiger partial charge in [0.15, 0.2) is 5.17 Å². The molecular formula is C25H28N4O4S. The molecule has 8 nitrogen and oxygen atoms in total. The number of carbonyl (C=O) groups is 3. The van der Waals surface area contributed by atoms with E-state index in [2.05, 4.69) is 17.3 Å². The number of hydrazone groups is 1. The molecule has 2 aromatic carbocycles. The number of carbonyl (C=O) groups excluding carboxylic acids is 3. The molecule has 2 aliphatic heterocycles. The van der Waals surface area contributed by atoms with Crippen molar-refractivity contribution in [3.63, 3.8) is 0 Å². The van der Waals surface area contributed by atoms with E-state index in [1.165, 1.54) is 18.9 Å². The van der Waals surface area contributed by atoms with Crippen LogP contribution in [0.15, 0.2) is 47.6 Å². The number of anilines is 1. The lowest BCUT2D eigenvalue weighted by atomic mass is 10.0. The van der Waals surface area contributed by atoms with Crippen molar-refractivity contribution in [2.75, 3.05) is 11.5 Å². The first kappa shape index (κ1) is 23.8. The standard InChI is InChI=1S/C25H28N4O4S/c1-5-6-14-33-21-13-8-7-11-19(21)15-28-22-16(2)10-9-12-20(22)25(23(28)32)29(18(4)31)27-24(34-25)26-17(3)30/h7-13H,5-6,14-15H2,1-4H3,(H,26,27,30). The Morgan fingerprint density at radius 3 is 2.62 bits per heavy atom. The fraction of sp³-hybridized carbons (Fsp3) is 0.360. The number of amidine groups is 1. The van der Waals surface area contributed by atoms with Crippen molar-refractivity contribution in [2.45, 2.75) is 52.0 Å². The lowest BCUT2D eigenvalue weighted by Crippen LogP contribution is -2.48. The minimum atomic E-state index is -1.41. The van der Waals surface area contributed by atoms with Crippen molar-refractivity contribution in [1.82, 2.24) is 10.3 Å². The van der Waals surface area contributed by atoms with E-state index in [1.54, 1.807) is 4.90 Å². The van der Waals surface area contributed by atoms with Crippen molar-refractivity contribution in [3.8, 4) is 5.75 Å². The van der Waals surface area contributed by atoms with Crippen molar-refractivity contribution >= 4 is 40.3 Å². The normalized spacial score (nSPS) is 18.8. The third-order valence-corrected chi connectivity index (χ3v) is 7.02. The predicted octanol–water partition coefficient (Wildman–Crippen LogP) is 3.88. The number of thioether (sulfide) groups is 1. The Balaban J connectivity index is 1.77. The first-order valence-corrected chi connectivity index (χ1v) is 12.1. The minimum absolute atomic E-state index is 0.216. The summed E-state index contributed by atoms with van der Waals surface area (Å²) in [5, 5.41) is 8.35. The van der Waals surface area contributed by atoms with Gasteiger partial charge in [0.1, 0.15) is 5.75 Å². The van der Waals surface area contributed by atoms with Gasteiger partial charge >= 0.3 is 0 Å². The summed E-state index contributed by atoms with van der Waals surface area (Å²) in [5.74, 6) is -0.266. The van der Waals surface area contributed by atoms with Gasteiger partial charge in [-0.2, -0.15) is 5.01 Å². The monoisotopic (exact) mass is 480 g/mol. The Kier molecular flexibility index (Phi) is 6.65. The molecular weight excluding hydrogens is 452 g/mol. The highest BCUT2D eigenvalue weighted by molar-refractivity contribution is 8.15. The van der Waals surface area contributed by atoms with Crippen LogP contribution in [0.2, 0.25) is 0 Å². The topological polar surface area (TPSA) is 91.3 Å². The molecule has 1 spiro atoms. The van der Waals surface area contributed by atoms with Crippen LogP contribution >= 0.6 is 11.8 Å². The summed E-state index contributed by atoms with van der Waals surface area (Å²) >= 11 is 1.08. The highest BCUT2D eigenvalue weighted by atomic mass is 32.2. The first-order chi connectivity index (χ1) is 16.3. The molecule has 0 aliphatic carbocycles. The van der Waals surface area contributed by atoms with E-state index in [0.717, 1.165) is 47.2 Å². The Bertz CT molecular complexity index is 1180. The fourth-order valence-electron chi connectivity index (χ4n) is 4.27. The molecule has 1 N–H and O–H groups in total. The van der Waals surface area contributed by atoms with Crippen molar-refractivity contribution < 1.29 is 19.1 Å². The second-order valence-electron chi connectivity index (χ2n) is 8.34. The van der Waals surface area contributed by atoms with Crippen LogP contribution in [0, 0.1) is 6.92 Å². The van der Waals surface area contributed by atoms with Crippen LogP contribution in [-0.4, -0.2) is 34.5 Å². The molecule has 0 bridgehead atoms. The van der Waals surface area contributed by atoms with Crippen molar-refractivity contribution in [1.29, 1.82) is 0 Å². The maximum absolute atomic E-state index is 14.1. The third-order valence-electron chi connectivity index (χ3n) is 5.78. The van der Waals surface area contributed by atoms with Crippen LogP contribution in [0.4, 0.5) is 5.69 Å². The van der Waals surface area contributed by atoms with Crippen LogP contribution in [0.3, 0.4) is 0 Å². The number of rotatable bonds is 6. The summed E-state index contributed by atoms with van der Waals surface area (Å²) < 4.78 is 6.00. The van der Waals surface area contributed by atoms with E-state index in [1.807, 2.05) is 49.4 Å². The van der Waals surface area contributed by atoms with Crippen LogP contribution in [-0.2, 0) is 25.8 Å². The van der Waals surface area contributed by atoms with Gasteiger partial charge in [0.25, 0.3) is 5.91 Å². The smallest absolute Gasteiger partial charge is 0.271 e. The Morgan fingerprint density at radius 1 is 1.15 bits per heavy atom. The van der Waals surface area contributed by atoms with Crippen molar-refractivity contribution in [3.05, 3.63) is 59.2 Å². The molecule has 9 heteroatoms. The minimum Gasteiger partial charge on any atom is -0.493 e. The molecule has 4 rings (SSSR count). The SMILES string of the molecule is CCCCOc1ccccc1CN1C(=O)C2(SC(NC(C)=O)=NN2C(C)=O)c2cccc(C)c21. The maximum Gasteiger partial charge on any atom is 0.271 e. The van der Waals surface area contributed by atoms with E-state index in [9.17, 15) is 14.4 Å². The molecule has 2 aliphatic rings. The maximum atomic E-state index is 14.1. The van der Waals surface area contributed by atoms with Crippen LogP contribution < -0.4 is 15.0 Å². The summed E-state index contributed by atoms with van der Waals surface area (Å²) in [6.45, 7) is 7.66. The Hall–Kier alpha value is -3.33. The van der Waals surface area contributed by atoms with Crippen LogP contribution in [0.25, 0.3) is 0 Å². The number of nitrogens with zero attached hydrogens (tertiary/aromatic N) is 3. The lowest BCUT2D eigenvalue weighted by Gasteiger charge is -2.29. The summed E-state index contributed by atoms with van der Waals surface area (Å²) in [6.07, 6.45) is 1.96. The quantitative estimate of drug-likeness (QED) is 0.634. The summed E-state index contributed by atoms with van der Waals surface area (Å²) in [5.41, 5.74) is 3.20. The molecule has 3 amide bonds. The van der Waals surface area contributed by atoms with E-state index in [-0.39, 0.29) is 29.4 Å². The number of hydrogen-bond donors (Lipinski definition) is 1. The molecule has 1 unspecified atom stereocenters. The molecule has 2 aromatic rings. The number of fused-ring (bicyclic) bond motifs is 2. The van der Waals surface area contributed by atoms with Crippen LogP contribution in [0.1, 0.15) is 50.3 Å². The zero-order valence-corrected chi connectivity index (χ0v) is 20.6. The predicted molar refractivity (Wildman–Crippen MR) is 132 cm³/mol. The second kappa shape index (κ2) is 9.50. The van der Waals surface area contributed by atoms with Gasteiger partial charge in [0.05, 0.1) is 18.8 Å². The van der Waals surface area contributed by atoms with Crippen LogP contribution in [0.5, 0.6) is 5.75 Å². The summed E-state index contributed by atoms with van der Waals surface area (Å²) in [6, 6.07) is 13.3. The fourth-order valence-corrected chi connectivity index (χ4v) is 5.60. The molecule has 0 aromatic heterocycles. The van der Waals surface area contributed by atoms with E-state index < -0.39 is 4.87 Å². The third kappa shape index (κ3) is 4.04. The second-order valence-corrected chi connectivity index (χ2v) is 9.52. The van der Waals surface area contributed by atoms with Gasteiger partial charge in [0.2, 0.25) is 16.7 Å². The molecule has 1 atom stereocenters. The zero-order valence-electron chi connectivity index (χ0n) is 19.8. The molecule has 34 heavy (non-hydrogen) atoms. The first-order valence-electron chi connectivity index (χ1n) is 11.3. The number of hydrogen-bond acceptors (Lipinski definition) is 6. The molecule has 0 saturated carbocycles. The highest BCUT2D eigenvalue weighted by Crippen LogP contribution is 2.55. The van der Waals surface area contributed by atoms with Gasteiger partial charge < -0.3 is 15.0 Å². The average Bonchev–Trinajstić information content (AvgIpc) is 3.28. The van der Waals surface area contributed by atoms with Crippen molar-refractivity contribution in [2.24, 2.45) is 5.10 Å². The molecule has 0 saturated heterocycles. The number of nitrogens with one attached hydrogen (secondary N) is 1. The molecule has 2 heterocycles. The number of amides is 3. The number of ether oxygens (including phenoxy) is 1.